The van der Waals surface area contributed by atoms with Crippen molar-refractivity contribution in [3.05, 3.63) is 58.7 Å². The maximum absolute atomic E-state index is 6.14. The molecule has 0 spiro atoms. The summed E-state index contributed by atoms with van der Waals surface area (Å²) in [6.45, 7) is 5.75. The van der Waals surface area contributed by atoms with Gasteiger partial charge in [0.05, 0.1) is 6.10 Å². The standard InChI is InChI=1S/C19H20N4OS/c1-13-9-18(22-19(21-13)15-3-6-20-7-4-15)23-10-14(2)24-17(11-23)16-5-8-25-12-16/h3-9,12,14,17H,10-11H2,1-2H3. The van der Waals surface area contributed by atoms with Gasteiger partial charge in [-0.25, -0.2) is 9.97 Å². The van der Waals surface area contributed by atoms with E-state index in [0.29, 0.717) is 0 Å². The number of nitrogens with zero attached hydrogens (tertiary/aromatic N) is 4. The second-order valence-electron chi connectivity index (χ2n) is 6.32. The van der Waals surface area contributed by atoms with Gasteiger partial charge in [-0.2, -0.15) is 11.3 Å². The molecular weight excluding hydrogens is 332 g/mol. The molecule has 128 valence electrons. The molecule has 1 aliphatic rings. The first-order valence-electron chi connectivity index (χ1n) is 8.37. The van der Waals surface area contributed by atoms with Crippen LogP contribution < -0.4 is 4.90 Å². The van der Waals surface area contributed by atoms with Crippen LogP contribution in [-0.2, 0) is 4.74 Å². The van der Waals surface area contributed by atoms with Crippen LogP contribution in [0.15, 0.2) is 47.4 Å². The van der Waals surface area contributed by atoms with Crippen LogP contribution >= 0.6 is 11.3 Å². The summed E-state index contributed by atoms with van der Waals surface area (Å²) >= 11 is 1.70. The van der Waals surface area contributed by atoms with Gasteiger partial charge in [0.25, 0.3) is 0 Å². The van der Waals surface area contributed by atoms with Gasteiger partial charge in [0.15, 0.2) is 5.82 Å². The Hall–Kier alpha value is -2.31. The second-order valence-corrected chi connectivity index (χ2v) is 7.10. The molecule has 3 aromatic rings. The minimum Gasteiger partial charge on any atom is -0.367 e. The van der Waals surface area contributed by atoms with Crippen molar-refractivity contribution in [2.75, 3.05) is 18.0 Å². The molecule has 1 fully saturated rings. The van der Waals surface area contributed by atoms with E-state index in [1.54, 1.807) is 23.7 Å². The Morgan fingerprint density at radius 3 is 2.76 bits per heavy atom. The van der Waals surface area contributed by atoms with Crippen LogP contribution in [0, 0.1) is 6.92 Å². The molecular formula is C19H20N4OS. The molecule has 0 saturated carbocycles. The lowest BCUT2D eigenvalue weighted by Gasteiger charge is -2.37. The Morgan fingerprint density at radius 2 is 2.00 bits per heavy atom. The summed E-state index contributed by atoms with van der Waals surface area (Å²) in [5.41, 5.74) is 3.18. The van der Waals surface area contributed by atoms with Crippen LogP contribution in [0.5, 0.6) is 0 Å². The van der Waals surface area contributed by atoms with E-state index in [4.69, 9.17) is 9.72 Å². The van der Waals surface area contributed by atoms with E-state index >= 15 is 0 Å². The van der Waals surface area contributed by atoms with Crippen molar-refractivity contribution < 1.29 is 4.74 Å². The van der Waals surface area contributed by atoms with Gasteiger partial charge in [-0.1, -0.05) is 0 Å². The average Bonchev–Trinajstić information content (AvgIpc) is 3.16. The van der Waals surface area contributed by atoms with Crippen molar-refractivity contribution in [3.63, 3.8) is 0 Å². The highest BCUT2D eigenvalue weighted by molar-refractivity contribution is 7.07. The number of pyridine rings is 1. The summed E-state index contributed by atoms with van der Waals surface area (Å²) in [5.74, 6) is 1.69. The molecule has 1 aliphatic heterocycles. The van der Waals surface area contributed by atoms with E-state index in [1.165, 1.54) is 5.56 Å². The Balaban J connectivity index is 1.65. The molecule has 0 radical (unpaired) electrons. The van der Waals surface area contributed by atoms with E-state index in [0.717, 1.165) is 36.0 Å². The number of rotatable bonds is 3. The van der Waals surface area contributed by atoms with Crippen LogP contribution in [0.2, 0.25) is 0 Å². The smallest absolute Gasteiger partial charge is 0.161 e. The summed E-state index contributed by atoms with van der Waals surface area (Å²) in [4.78, 5) is 15.8. The van der Waals surface area contributed by atoms with Crippen molar-refractivity contribution in [1.82, 2.24) is 15.0 Å². The summed E-state index contributed by atoms with van der Waals surface area (Å²) in [6.07, 6.45) is 3.77. The van der Waals surface area contributed by atoms with Gasteiger partial charge in [0.2, 0.25) is 0 Å². The van der Waals surface area contributed by atoms with Crippen LogP contribution in [-0.4, -0.2) is 34.1 Å². The molecule has 4 rings (SSSR count). The molecule has 25 heavy (non-hydrogen) atoms. The van der Waals surface area contributed by atoms with Crippen molar-refractivity contribution in [1.29, 1.82) is 0 Å². The first-order chi connectivity index (χ1) is 12.2. The van der Waals surface area contributed by atoms with Crippen molar-refractivity contribution in [3.8, 4) is 11.4 Å². The number of hydrogen-bond acceptors (Lipinski definition) is 6. The van der Waals surface area contributed by atoms with Gasteiger partial charge in [0.1, 0.15) is 11.9 Å². The largest absolute Gasteiger partial charge is 0.367 e. The molecule has 1 saturated heterocycles. The number of aromatic nitrogens is 3. The maximum atomic E-state index is 6.14. The molecule has 2 atom stereocenters. The third-order valence-electron chi connectivity index (χ3n) is 4.28. The zero-order valence-electron chi connectivity index (χ0n) is 14.3. The van der Waals surface area contributed by atoms with E-state index in [9.17, 15) is 0 Å². The lowest BCUT2D eigenvalue weighted by Crippen LogP contribution is -2.43. The lowest BCUT2D eigenvalue weighted by atomic mass is 10.1. The molecule has 0 bridgehead atoms. The Morgan fingerprint density at radius 1 is 1.16 bits per heavy atom. The van der Waals surface area contributed by atoms with Gasteiger partial charge >= 0.3 is 0 Å². The topological polar surface area (TPSA) is 51.1 Å². The van der Waals surface area contributed by atoms with Crippen molar-refractivity contribution >= 4 is 17.2 Å². The highest BCUT2D eigenvalue weighted by Crippen LogP contribution is 2.30. The fourth-order valence-corrected chi connectivity index (χ4v) is 3.83. The summed E-state index contributed by atoms with van der Waals surface area (Å²) in [5, 5.41) is 4.26. The van der Waals surface area contributed by atoms with Gasteiger partial charge < -0.3 is 9.64 Å². The zero-order valence-corrected chi connectivity index (χ0v) is 15.1. The number of thiophene rings is 1. The number of ether oxygens (including phenoxy) is 1. The Kier molecular flexibility index (Phi) is 4.46. The van der Waals surface area contributed by atoms with Gasteiger partial charge in [-0.15, -0.1) is 0 Å². The van der Waals surface area contributed by atoms with Crippen LogP contribution in [0.3, 0.4) is 0 Å². The molecule has 2 unspecified atom stereocenters. The minimum absolute atomic E-state index is 0.0784. The fraction of sp³-hybridized carbons (Fsp3) is 0.316. The van der Waals surface area contributed by atoms with E-state index in [2.05, 4.69) is 38.6 Å². The first kappa shape index (κ1) is 16.2. The molecule has 4 heterocycles. The fourth-order valence-electron chi connectivity index (χ4n) is 3.12. The molecule has 6 heteroatoms. The van der Waals surface area contributed by atoms with Crippen LogP contribution in [0.4, 0.5) is 5.82 Å². The number of morpholine rings is 1. The molecule has 5 nitrogen and oxygen atoms in total. The quantitative estimate of drug-likeness (QED) is 0.716. The first-order valence-corrected chi connectivity index (χ1v) is 9.32. The van der Waals surface area contributed by atoms with Crippen molar-refractivity contribution in [2.45, 2.75) is 26.1 Å². The Bertz CT molecular complexity index is 838. The van der Waals surface area contributed by atoms with E-state index in [1.807, 2.05) is 25.1 Å². The van der Waals surface area contributed by atoms with Crippen LogP contribution in [0.25, 0.3) is 11.4 Å². The number of hydrogen-bond donors (Lipinski definition) is 0. The van der Waals surface area contributed by atoms with Crippen molar-refractivity contribution in [2.24, 2.45) is 0 Å². The normalized spacial score (nSPS) is 20.6. The molecule has 3 aromatic heterocycles. The summed E-state index contributed by atoms with van der Waals surface area (Å²) < 4.78 is 6.14. The average molecular weight is 352 g/mol. The SMILES string of the molecule is Cc1cc(N2CC(C)OC(c3ccsc3)C2)nc(-c2ccncc2)n1. The minimum atomic E-state index is 0.0784. The highest BCUT2D eigenvalue weighted by atomic mass is 32.1. The maximum Gasteiger partial charge on any atom is 0.161 e. The van der Waals surface area contributed by atoms with Gasteiger partial charge in [-0.3, -0.25) is 4.98 Å². The third kappa shape index (κ3) is 3.55. The van der Waals surface area contributed by atoms with E-state index < -0.39 is 0 Å². The predicted molar refractivity (Wildman–Crippen MR) is 99.8 cm³/mol. The molecule has 0 amide bonds. The highest BCUT2D eigenvalue weighted by Gasteiger charge is 2.28. The van der Waals surface area contributed by atoms with Gasteiger partial charge in [-0.05, 0) is 48.4 Å². The molecule has 0 aromatic carbocycles. The van der Waals surface area contributed by atoms with E-state index in [-0.39, 0.29) is 12.2 Å². The van der Waals surface area contributed by atoms with Gasteiger partial charge in [0, 0.05) is 42.8 Å². The zero-order chi connectivity index (χ0) is 17.2. The molecule has 0 aliphatic carbocycles. The monoisotopic (exact) mass is 352 g/mol. The predicted octanol–water partition coefficient (Wildman–Crippen LogP) is 3.87. The van der Waals surface area contributed by atoms with Crippen LogP contribution in [0.1, 0.15) is 24.3 Å². The number of anilines is 1. The summed E-state index contributed by atoms with van der Waals surface area (Å²) in [7, 11) is 0. The lowest BCUT2D eigenvalue weighted by molar-refractivity contribution is -0.0174. The number of aryl methyl sites for hydroxylation is 1. The molecule has 0 N–H and O–H groups in total. The third-order valence-corrected chi connectivity index (χ3v) is 4.98. The Labute approximate surface area is 151 Å². The second kappa shape index (κ2) is 6.90. The summed E-state index contributed by atoms with van der Waals surface area (Å²) in [6, 6.07) is 8.07.